The monoisotopic (exact) mass is 409 g/mol. The van der Waals surface area contributed by atoms with Crippen molar-refractivity contribution in [1.29, 1.82) is 0 Å². The van der Waals surface area contributed by atoms with Gasteiger partial charge in [0, 0.05) is 44.5 Å². The number of hydrazine groups is 1. The molecule has 2 atom stereocenters. The maximum atomic E-state index is 12.9. The highest BCUT2D eigenvalue weighted by Crippen LogP contribution is 2.26. The lowest BCUT2D eigenvalue weighted by molar-refractivity contribution is -0.117. The number of hydrogen-bond donors (Lipinski definition) is 3. The minimum Gasteiger partial charge on any atom is -0.497 e. The fraction of sp³-hybridized carbons (Fsp3) is 0.435. The maximum absolute atomic E-state index is 12.9. The summed E-state index contributed by atoms with van der Waals surface area (Å²) < 4.78 is 5.31. The zero-order valence-electron chi connectivity index (χ0n) is 17.7. The van der Waals surface area contributed by atoms with E-state index >= 15 is 0 Å². The Morgan fingerprint density at radius 3 is 2.70 bits per heavy atom. The van der Waals surface area contributed by atoms with Crippen molar-refractivity contribution in [3.63, 3.8) is 0 Å². The van der Waals surface area contributed by atoms with E-state index in [1.807, 2.05) is 42.5 Å². The van der Waals surface area contributed by atoms with E-state index in [4.69, 9.17) is 4.74 Å². The molecule has 1 amide bonds. The van der Waals surface area contributed by atoms with Crippen LogP contribution in [0.3, 0.4) is 0 Å². The molecule has 0 radical (unpaired) electrons. The van der Waals surface area contributed by atoms with Crippen LogP contribution in [0.5, 0.6) is 5.75 Å². The van der Waals surface area contributed by atoms with Gasteiger partial charge in [0.2, 0.25) is 5.91 Å². The molecule has 2 heterocycles. The average molecular weight is 410 g/mol. The number of methoxy groups -OCH3 is 1. The van der Waals surface area contributed by atoms with E-state index in [0.717, 1.165) is 55.3 Å². The number of nitrogens with one attached hydrogen (secondary N) is 3. The van der Waals surface area contributed by atoms with Crippen LogP contribution < -0.4 is 20.9 Å². The van der Waals surface area contributed by atoms with Crippen molar-refractivity contribution in [2.45, 2.75) is 25.0 Å². The summed E-state index contributed by atoms with van der Waals surface area (Å²) in [5.74, 6) is 0.804. The van der Waals surface area contributed by atoms with E-state index in [1.165, 1.54) is 0 Å². The zero-order valence-corrected chi connectivity index (χ0v) is 17.7. The van der Waals surface area contributed by atoms with E-state index < -0.39 is 0 Å². The molecule has 2 fully saturated rings. The lowest BCUT2D eigenvalue weighted by Gasteiger charge is -2.32. The maximum Gasteiger partial charge on any atom is 0.242 e. The van der Waals surface area contributed by atoms with Crippen LogP contribution in [-0.2, 0) is 11.3 Å². The first kappa shape index (κ1) is 20.8. The van der Waals surface area contributed by atoms with Gasteiger partial charge in [0.1, 0.15) is 11.8 Å². The minimum absolute atomic E-state index is 0.0151. The molecule has 0 saturated carbocycles. The number of carbonyl (C=O) groups is 1. The fourth-order valence-electron chi connectivity index (χ4n) is 4.05. The molecule has 0 aromatic heterocycles. The third-order valence-electron chi connectivity index (χ3n) is 5.98. The number of amides is 1. The van der Waals surface area contributed by atoms with Gasteiger partial charge in [-0.2, -0.15) is 0 Å². The van der Waals surface area contributed by atoms with Crippen molar-refractivity contribution in [3.8, 4) is 5.75 Å². The summed E-state index contributed by atoms with van der Waals surface area (Å²) in [4.78, 5) is 17.7. The van der Waals surface area contributed by atoms with Crippen molar-refractivity contribution >= 4 is 11.6 Å². The standard InChI is InChI=1S/C23H31N5O2/c1-27-10-12-28(13-11-27)16-18-6-3-4-9-20(18)24-23(29)22-15-21(25-26-22)17-7-5-8-19(14-17)30-2/h3-9,14,21-22,25-26H,10-13,15-16H2,1-2H3,(H,24,29). The van der Waals surface area contributed by atoms with Gasteiger partial charge in [0.25, 0.3) is 0 Å². The van der Waals surface area contributed by atoms with Crippen molar-refractivity contribution < 1.29 is 9.53 Å². The predicted octanol–water partition coefficient (Wildman–Crippen LogP) is 1.99. The molecule has 4 rings (SSSR count). The molecule has 7 nitrogen and oxygen atoms in total. The Bertz CT molecular complexity index is 866. The van der Waals surface area contributed by atoms with Crippen LogP contribution in [0.25, 0.3) is 0 Å². The van der Waals surface area contributed by atoms with E-state index in [-0.39, 0.29) is 18.0 Å². The Kier molecular flexibility index (Phi) is 6.64. The minimum atomic E-state index is -0.294. The Labute approximate surface area is 178 Å². The summed E-state index contributed by atoms with van der Waals surface area (Å²) in [7, 11) is 3.82. The van der Waals surface area contributed by atoms with Gasteiger partial charge < -0.3 is 15.0 Å². The van der Waals surface area contributed by atoms with Crippen LogP contribution in [0.4, 0.5) is 5.69 Å². The van der Waals surface area contributed by atoms with Gasteiger partial charge in [-0.05, 0) is 42.8 Å². The Morgan fingerprint density at radius 1 is 1.10 bits per heavy atom. The van der Waals surface area contributed by atoms with Gasteiger partial charge in [0.05, 0.1) is 7.11 Å². The summed E-state index contributed by atoms with van der Waals surface area (Å²) in [6, 6.07) is 15.8. The van der Waals surface area contributed by atoms with Gasteiger partial charge in [0.15, 0.2) is 0 Å². The number of carbonyl (C=O) groups excluding carboxylic acids is 1. The van der Waals surface area contributed by atoms with Crippen LogP contribution in [0.1, 0.15) is 23.6 Å². The number of piperazine rings is 1. The molecule has 2 unspecified atom stereocenters. The highest BCUT2D eigenvalue weighted by molar-refractivity contribution is 5.95. The van der Waals surface area contributed by atoms with Gasteiger partial charge in [-0.15, -0.1) is 0 Å². The van der Waals surface area contributed by atoms with Crippen LogP contribution >= 0.6 is 0 Å². The van der Waals surface area contributed by atoms with E-state index in [2.05, 4.69) is 39.1 Å². The first-order chi connectivity index (χ1) is 14.6. The highest BCUT2D eigenvalue weighted by Gasteiger charge is 2.30. The lowest BCUT2D eigenvalue weighted by Crippen LogP contribution is -2.44. The van der Waals surface area contributed by atoms with Crippen LogP contribution in [0.15, 0.2) is 48.5 Å². The van der Waals surface area contributed by atoms with Crippen LogP contribution in [0.2, 0.25) is 0 Å². The molecule has 2 aliphatic heterocycles. The van der Waals surface area contributed by atoms with Crippen molar-refractivity contribution in [2.75, 3.05) is 45.7 Å². The molecular weight excluding hydrogens is 378 g/mol. The van der Waals surface area contributed by atoms with Crippen LogP contribution in [0, 0.1) is 0 Å². The van der Waals surface area contributed by atoms with Crippen molar-refractivity contribution in [2.24, 2.45) is 0 Å². The lowest BCUT2D eigenvalue weighted by atomic mass is 10.0. The fourth-order valence-corrected chi connectivity index (χ4v) is 4.05. The number of likely N-dealkylation sites (N-methyl/N-ethyl adjacent to an activating group) is 1. The van der Waals surface area contributed by atoms with Gasteiger partial charge in [-0.3, -0.25) is 9.69 Å². The third kappa shape index (κ3) is 4.99. The molecule has 2 saturated heterocycles. The molecule has 0 bridgehead atoms. The number of ether oxygens (including phenoxy) is 1. The number of benzene rings is 2. The summed E-state index contributed by atoms with van der Waals surface area (Å²) in [6.07, 6.45) is 0.680. The molecule has 3 N–H and O–H groups in total. The number of rotatable bonds is 6. The molecule has 2 aromatic carbocycles. The average Bonchev–Trinajstić information content (AvgIpc) is 3.27. The Hall–Kier alpha value is -2.45. The zero-order chi connectivity index (χ0) is 20.9. The van der Waals surface area contributed by atoms with Gasteiger partial charge in [-0.1, -0.05) is 30.3 Å². The van der Waals surface area contributed by atoms with Gasteiger partial charge >= 0.3 is 0 Å². The second-order valence-corrected chi connectivity index (χ2v) is 8.13. The van der Waals surface area contributed by atoms with Crippen molar-refractivity contribution in [3.05, 3.63) is 59.7 Å². The van der Waals surface area contributed by atoms with Crippen LogP contribution in [-0.4, -0.2) is 62.1 Å². The second kappa shape index (κ2) is 9.57. The number of anilines is 1. The molecule has 2 aromatic rings. The molecule has 0 aliphatic carbocycles. The molecule has 0 spiro atoms. The predicted molar refractivity (Wildman–Crippen MR) is 118 cm³/mol. The molecule has 7 heteroatoms. The van der Waals surface area contributed by atoms with E-state index in [0.29, 0.717) is 6.42 Å². The topological polar surface area (TPSA) is 68.9 Å². The van der Waals surface area contributed by atoms with E-state index in [1.54, 1.807) is 7.11 Å². The second-order valence-electron chi connectivity index (χ2n) is 8.13. The smallest absolute Gasteiger partial charge is 0.242 e. The number of nitrogens with zero attached hydrogens (tertiary/aromatic N) is 2. The summed E-state index contributed by atoms with van der Waals surface area (Å²) in [6.45, 7) is 5.12. The van der Waals surface area contributed by atoms with Gasteiger partial charge in [-0.25, -0.2) is 10.9 Å². The largest absolute Gasteiger partial charge is 0.497 e. The summed E-state index contributed by atoms with van der Waals surface area (Å²) >= 11 is 0. The van der Waals surface area contributed by atoms with E-state index in [9.17, 15) is 4.79 Å². The Balaban J connectivity index is 1.37. The third-order valence-corrected chi connectivity index (χ3v) is 5.98. The number of para-hydroxylation sites is 1. The quantitative estimate of drug-likeness (QED) is 0.678. The molecule has 2 aliphatic rings. The Morgan fingerprint density at radius 2 is 1.90 bits per heavy atom. The first-order valence-electron chi connectivity index (χ1n) is 10.6. The molecular formula is C23H31N5O2. The van der Waals surface area contributed by atoms with Crippen molar-refractivity contribution in [1.82, 2.24) is 20.7 Å². The normalized spacial score (nSPS) is 22.7. The molecule has 160 valence electrons. The molecule has 30 heavy (non-hydrogen) atoms. The highest BCUT2D eigenvalue weighted by atomic mass is 16.5. The summed E-state index contributed by atoms with van der Waals surface area (Å²) in [5.41, 5.74) is 9.55. The summed E-state index contributed by atoms with van der Waals surface area (Å²) in [5, 5.41) is 3.14. The number of hydrogen-bond acceptors (Lipinski definition) is 6. The SMILES string of the molecule is COc1cccc(C2CC(C(=O)Nc3ccccc3CN3CCN(C)CC3)NN2)c1. The first-order valence-corrected chi connectivity index (χ1v) is 10.6.